The molecule has 2 atom stereocenters. The zero-order valence-corrected chi connectivity index (χ0v) is 20.7. The van der Waals surface area contributed by atoms with Crippen LogP contribution in [0.4, 0.5) is 4.39 Å². The van der Waals surface area contributed by atoms with E-state index in [1.54, 1.807) is 12.1 Å². The van der Waals surface area contributed by atoms with Crippen LogP contribution >= 0.6 is 27.3 Å². The lowest BCUT2D eigenvalue weighted by atomic mass is 10.1. The zero-order valence-electron chi connectivity index (χ0n) is 18.3. The van der Waals surface area contributed by atoms with Gasteiger partial charge >= 0.3 is 5.97 Å². The number of halogens is 2. The first-order chi connectivity index (χ1) is 17.0. The maximum absolute atomic E-state index is 13.4. The number of rotatable bonds is 8. The Morgan fingerprint density at radius 1 is 1.26 bits per heavy atom. The van der Waals surface area contributed by atoms with Crippen molar-refractivity contribution in [1.29, 1.82) is 0 Å². The van der Waals surface area contributed by atoms with Crippen molar-refractivity contribution in [2.24, 2.45) is 0 Å². The number of aromatic nitrogens is 2. The molecule has 1 fully saturated rings. The minimum Gasteiger partial charge on any atom is -0.478 e. The number of carboxylic acids is 1. The van der Waals surface area contributed by atoms with E-state index in [0.29, 0.717) is 43.2 Å². The summed E-state index contributed by atoms with van der Waals surface area (Å²) in [5.74, 6) is -0.187. The number of ether oxygens (including phenoxy) is 3. The van der Waals surface area contributed by atoms with Crippen LogP contribution in [0, 0.1) is 6.01 Å². The summed E-state index contributed by atoms with van der Waals surface area (Å²) >= 11 is 4.74. The van der Waals surface area contributed by atoms with Gasteiger partial charge in [0.25, 0.3) is 6.01 Å². The van der Waals surface area contributed by atoms with E-state index in [9.17, 15) is 14.3 Å². The number of carbonyl (C=O) groups is 1. The molecule has 0 aliphatic carbocycles. The van der Waals surface area contributed by atoms with Gasteiger partial charge in [-0.3, -0.25) is 0 Å². The average Bonchev–Trinajstić information content (AvgIpc) is 3.43. The molecule has 1 unspecified atom stereocenters. The molecule has 4 aromatic rings. The second-order valence-electron chi connectivity index (χ2n) is 7.88. The minimum atomic E-state index is -1.25. The summed E-state index contributed by atoms with van der Waals surface area (Å²) in [4.78, 5) is 21.7. The van der Waals surface area contributed by atoms with Gasteiger partial charge in [0.05, 0.1) is 21.3 Å². The fourth-order valence-corrected chi connectivity index (χ4v) is 5.72. The monoisotopic (exact) mass is 562 g/mol. The van der Waals surface area contributed by atoms with Crippen LogP contribution in [0.1, 0.15) is 24.8 Å². The number of fused-ring (bicyclic) bond motifs is 1. The number of furan rings is 1. The van der Waals surface area contributed by atoms with Gasteiger partial charge < -0.3 is 23.7 Å². The third kappa shape index (κ3) is 5.16. The van der Waals surface area contributed by atoms with Crippen molar-refractivity contribution in [1.82, 2.24) is 9.97 Å². The number of benzene rings is 1. The number of carboxylic acid groups (broad SMARTS) is 1. The molecule has 0 saturated carbocycles. The van der Waals surface area contributed by atoms with Gasteiger partial charge in [0, 0.05) is 18.9 Å². The van der Waals surface area contributed by atoms with Gasteiger partial charge in [0.15, 0.2) is 6.29 Å². The second kappa shape index (κ2) is 10.3. The standard InChI is InChI=1S/C24H20BrFN2O6S/c25-20-19-22(27-12-28-23(19)35-21(20)15-8-9-17(26)32-15)34-16(24(29)30)11-13-5-1-2-6-14(13)33-18-7-3-4-10-31-18/h1-2,5-6,8-9,12,16,18H,3-4,7,10-11H2,(H,29,30)/t16-,18?/m1/s1. The minimum absolute atomic E-state index is 0.0434. The van der Waals surface area contributed by atoms with Gasteiger partial charge in [-0.15, -0.1) is 11.3 Å². The summed E-state index contributed by atoms with van der Waals surface area (Å²) in [5.41, 5.74) is 0.676. The molecule has 1 aliphatic heterocycles. The van der Waals surface area contributed by atoms with E-state index in [1.807, 2.05) is 12.1 Å². The summed E-state index contributed by atoms with van der Waals surface area (Å²) < 4.78 is 36.6. The first-order valence-corrected chi connectivity index (χ1v) is 12.5. The molecule has 3 aromatic heterocycles. The van der Waals surface area contributed by atoms with Gasteiger partial charge in [-0.2, -0.15) is 4.39 Å². The van der Waals surface area contributed by atoms with Gasteiger partial charge in [-0.05, 0) is 46.5 Å². The second-order valence-corrected chi connectivity index (χ2v) is 9.67. The number of hydrogen-bond acceptors (Lipinski definition) is 8. The molecule has 1 aromatic carbocycles. The molecule has 11 heteroatoms. The Labute approximate surface area is 211 Å². The van der Waals surface area contributed by atoms with E-state index in [2.05, 4.69) is 25.9 Å². The van der Waals surface area contributed by atoms with E-state index < -0.39 is 18.1 Å². The van der Waals surface area contributed by atoms with Gasteiger partial charge in [-0.1, -0.05) is 18.2 Å². The lowest BCUT2D eigenvalue weighted by Gasteiger charge is -2.25. The Kier molecular flexibility index (Phi) is 6.98. The first kappa shape index (κ1) is 23.7. The molecule has 0 bridgehead atoms. The predicted octanol–water partition coefficient (Wildman–Crippen LogP) is 5.83. The van der Waals surface area contributed by atoms with E-state index in [-0.39, 0.29) is 18.6 Å². The molecule has 182 valence electrons. The van der Waals surface area contributed by atoms with Crippen molar-refractivity contribution in [3.63, 3.8) is 0 Å². The van der Waals surface area contributed by atoms with Crippen LogP contribution in [0.15, 0.2) is 51.6 Å². The van der Waals surface area contributed by atoms with E-state index in [1.165, 1.54) is 29.8 Å². The molecule has 1 aliphatic rings. The Morgan fingerprint density at radius 2 is 2.11 bits per heavy atom. The van der Waals surface area contributed by atoms with Crippen LogP contribution in [0.3, 0.4) is 0 Å². The van der Waals surface area contributed by atoms with Gasteiger partial charge in [0.2, 0.25) is 12.0 Å². The van der Waals surface area contributed by atoms with Crippen LogP contribution in [0.5, 0.6) is 11.6 Å². The molecule has 35 heavy (non-hydrogen) atoms. The predicted molar refractivity (Wildman–Crippen MR) is 129 cm³/mol. The fraction of sp³-hybridized carbons (Fsp3) is 0.292. The number of thiophene rings is 1. The summed E-state index contributed by atoms with van der Waals surface area (Å²) in [5, 5.41) is 10.4. The lowest BCUT2D eigenvalue weighted by molar-refractivity contribution is -0.145. The Hall–Kier alpha value is -3.02. The zero-order chi connectivity index (χ0) is 24.4. The SMILES string of the molecule is O=C(O)[C@@H](Cc1ccccc1OC1CCCCO1)Oc1ncnc2sc(-c3ccc(F)o3)c(Br)c12. The maximum Gasteiger partial charge on any atom is 0.345 e. The normalized spacial score (nSPS) is 16.8. The molecule has 1 N–H and O–H groups in total. The Bertz CT molecular complexity index is 1350. The molecule has 4 heterocycles. The van der Waals surface area contributed by atoms with Crippen LogP contribution in [0.2, 0.25) is 0 Å². The first-order valence-electron chi connectivity index (χ1n) is 10.9. The third-order valence-corrected chi connectivity index (χ3v) is 7.66. The molecule has 0 radical (unpaired) electrons. The average molecular weight is 563 g/mol. The van der Waals surface area contributed by atoms with Crippen LogP contribution in [0.25, 0.3) is 20.9 Å². The molecular weight excluding hydrogens is 543 g/mol. The molecular formula is C24H20BrFN2O6S. The van der Waals surface area contributed by atoms with Crippen molar-refractivity contribution in [2.45, 2.75) is 38.1 Å². The number of nitrogens with zero attached hydrogens (tertiary/aromatic N) is 2. The highest BCUT2D eigenvalue weighted by molar-refractivity contribution is 9.10. The van der Waals surface area contributed by atoms with Crippen molar-refractivity contribution < 1.29 is 32.9 Å². The summed E-state index contributed by atoms with van der Waals surface area (Å²) in [6.07, 6.45) is 2.52. The summed E-state index contributed by atoms with van der Waals surface area (Å²) in [6, 6.07) is 9.25. The smallest absolute Gasteiger partial charge is 0.345 e. The highest BCUT2D eigenvalue weighted by Gasteiger charge is 2.27. The van der Waals surface area contributed by atoms with Crippen LogP contribution < -0.4 is 9.47 Å². The lowest BCUT2D eigenvalue weighted by Crippen LogP contribution is -2.30. The Balaban J connectivity index is 1.42. The molecule has 8 nitrogen and oxygen atoms in total. The van der Waals surface area contributed by atoms with Crippen LogP contribution in [-0.2, 0) is 16.0 Å². The van der Waals surface area contributed by atoms with Crippen molar-refractivity contribution in [2.75, 3.05) is 6.61 Å². The molecule has 1 saturated heterocycles. The topological polar surface area (TPSA) is 104 Å². The van der Waals surface area contributed by atoms with E-state index in [4.69, 9.17) is 18.6 Å². The largest absolute Gasteiger partial charge is 0.478 e. The van der Waals surface area contributed by atoms with Crippen LogP contribution in [-0.4, -0.2) is 40.0 Å². The fourth-order valence-electron chi connectivity index (χ4n) is 3.81. The van der Waals surface area contributed by atoms with Gasteiger partial charge in [0.1, 0.15) is 22.7 Å². The number of aliphatic carboxylic acids is 1. The van der Waals surface area contributed by atoms with Gasteiger partial charge in [-0.25, -0.2) is 14.8 Å². The molecule has 0 spiro atoms. The van der Waals surface area contributed by atoms with Crippen molar-refractivity contribution >= 4 is 43.5 Å². The maximum atomic E-state index is 13.4. The van der Waals surface area contributed by atoms with E-state index in [0.717, 1.165) is 19.3 Å². The Morgan fingerprint density at radius 3 is 2.86 bits per heavy atom. The number of para-hydroxylation sites is 1. The summed E-state index contributed by atoms with van der Waals surface area (Å²) in [7, 11) is 0. The number of hydrogen-bond donors (Lipinski definition) is 1. The quantitative estimate of drug-likeness (QED) is 0.286. The third-order valence-electron chi connectivity index (χ3n) is 5.50. The molecule has 5 rings (SSSR count). The highest BCUT2D eigenvalue weighted by atomic mass is 79.9. The van der Waals surface area contributed by atoms with E-state index >= 15 is 0 Å². The van der Waals surface area contributed by atoms with Crippen molar-refractivity contribution in [3.05, 3.63) is 58.8 Å². The van der Waals surface area contributed by atoms with Crippen molar-refractivity contribution in [3.8, 4) is 22.3 Å². The highest BCUT2D eigenvalue weighted by Crippen LogP contribution is 2.45. The summed E-state index contributed by atoms with van der Waals surface area (Å²) in [6.45, 7) is 0.638. The molecule has 0 amide bonds.